The van der Waals surface area contributed by atoms with Crippen molar-refractivity contribution in [3.63, 3.8) is 0 Å². The summed E-state index contributed by atoms with van der Waals surface area (Å²) in [4.78, 5) is 13.4. The Balaban J connectivity index is 2.40. The maximum absolute atomic E-state index is 11.2. The second-order valence-corrected chi connectivity index (χ2v) is 3.39. The van der Waals surface area contributed by atoms with Gasteiger partial charge in [0.2, 0.25) is 5.91 Å². The Morgan fingerprint density at radius 1 is 1.67 bits per heavy atom. The summed E-state index contributed by atoms with van der Waals surface area (Å²) in [6, 6.07) is 0. The minimum atomic E-state index is -0.0336. The van der Waals surface area contributed by atoms with E-state index in [1.807, 2.05) is 7.05 Å². The molecule has 1 amide bonds. The highest BCUT2D eigenvalue weighted by Gasteiger charge is 2.22. The Kier molecular flexibility index (Phi) is 2.87. The molecule has 1 heterocycles. The molecule has 3 heteroatoms. The lowest BCUT2D eigenvalue weighted by Crippen LogP contribution is -2.42. The van der Waals surface area contributed by atoms with Crippen molar-refractivity contribution in [2.45, 2.75) is 25.9 Å². The smallest absolute Gasteiger partial charge is 0.247 e. The van der Waals surface area contributed by atoms with Crippen LogP contribution in [-0.2, 0) is 4.79 Å². The van der Waals surface area contributed by atoms with Crippen molar-refractivity contribution < 1.29 is 4.79 Å². The van der Waals surface area contributed by atoms with E-state index in [2.05, 4.69) is 16.8 Å². The third-order valence-corrected chi connectivity index (χ3v) is 2.21. The van der Waals surface area contributed by atoms with E-state index in [1.165, 1.54) is 0 Å². The number of hydrogen-bond donors (Lipinski definition) is 1. The van der Waals surface area contributed by atoms with Crippen LogP contribution >= 0.6 is 0 Å². The molecule has 1 atom stereocenters. The molecular formula is C9H16N2O. The van der Waals surface area contributed by atoms with Crippen molar-refractivity contribution in [2.75, 3.05) is 13.6 Å². The van der Waals surface area contributed by atoms with Gasteiger partial charge in [0.15, 0.2) is 0 Å². The Hall–Kier alpha value is -0.830. The van der Waals surface area contributed by atoms with E-state index in [0.717, 1.165) is 19.4 Å². The number of nitrogens with zero attached hydrogens (tertiary/aromatic N) is 1. The van der Waals surface area contributed by atoms with Gasteiger partial charge >= 0.3 is 0 Å². The zero-order valence-electron chi connectivity index (χ0n) is 7.76. The van der Waals surface area contributed by atoms with Gasteiger partial charge in [-0.15, -0.1) is 0 Å². The first-order valence-electron chi connectivity index (χ1n) is 4.28. The van der Waals surface area contributed by atoms with Crippen LogP contribution in [0.2, 0.25) is 0 Å². The van der Waals surface area contributed by atoms with E-state index in [0.29, 0.717) is 5.57 Å². The average Bonchev–Trinajstić information content (AvgIpc) is 2.36. The van der Waals surface area contributed by atoms with Gasteiger partial charge in [-0.2, -0.15) is 0 Å². The van der Waals surface area contributed by atoms with Crippen molar-refractivity contribution in [1.82, 2.24) is 10.2 Å². The molecule has 68 valence electrons. The molecule has 3 nitrogen and oxygen atoms in total. The number of hydrogen-bond acceptors (Lipinski definition) is 2. The molecule has 0 spiro atoms. The van der Waals surface area contributed by atoms with Gasteiger partial charge in [0.05, 0.1) is 6.17 Å². The number of likely N-dealkylation sites (tertiary alicyclic amines) is 1. The Morgan fingerprint density at radius 3 is 2.75 bits per heavy atom. The first-order valence-corrected chi connectivity index (χ1v) is 4.28. The zero-order chi connectivity index (χ0) is 9.14. The lowest BCUT2D eigenvalue weighted by Gasteiger charge is -2.20. The molecule has 0 aliphatic carbocycles. The molecular weight excluding hydrogens is 152 g/mol. The van der Waals surface area contributed by atoms with Crippen LogP contribution < -0.4 is 5.32 Å². The number of nitrogens with one attached hydrogen (secondary N) is 1. The Morgan fingerprint density at radius 2 is 2.33 bits per heavy atom. The first kappa shape index (κ1) is 9.26. The van der Waals surface area contributed by atoms with E-state index in [-0.39, 0.29) is 12.1 Å². The van der Waals surface area contributed by atoms with E-state index in [4.69, 9.17) is 0 Å². The third-order valence-electron chi connectivity index (χ3n) is 2.21. The second kappa shape index (κ2) is 3.72. The molecule has 0 aromatic carbocycles. The summed E-state index contributed by atoms with van der Waals surface area (Å²) in [5.74, 6) is -0.0336. The molecule has 1 unspecified atom stereocenters. The largest absolute Gasteiger partial charge is 0.337 e. The van der Waals surface area contributed by atoms with Gasteiger partial charge in [-0.1, -0.05) is 6.58 Å². The fraction of sp³-hybridized carbons (Fsp3) is 0.667. The van der Waals surface area contributed by atoms with Crippen LogP contribution in [0.5, 0.6) is 0 Å². The first-order chi connectivity index (χ1) is 5.61. The molecule has 0 aromatic heterocycles. The Labute approximate surface area is 73.4 Å². The summed E-state index contributed by atoms with van der Waals surface area (Å²) in [7, 11) is 2.02. The van der Waals surface area contributed by atoms with Crippen molar-refractivity contribution in [3.05, 3.63) is 12.2 Å². The standard InChI is InChI=1S/C9H16N2O/c1-7(2)9(12)10-8-5-4-6-11(8)3/h8H,1,4-6H2,2-3H3,(H,10,12). The molecule has 12 heavy (non-hydrogen) atoms. The van der Waals surface area contributed by atoms with Crippen molar-refractivity contribution in [1.29, 1.82) is 0 Å². The number of carbonyl (C=O) groups is 1. The number of carbonyl (C=O) groups excluding carboxylic acids is 1. The minimum Gasteiger partial charge on any atom is -0.337 e. The molecule has 0 saturated carbocycles. The molecule has 1 aliphatic rings. The normalized spacial score (nSPS) is 24.0. The van der Waals surface area contributed by atoms with E-state index in [1.54, 1.807) is 6.92 Å². The van der Waals surface area contributed by atoms with Crippen LogP contribution in [0, 0.1) is 0 Å². The third kappa shape index (κ3) is 2.08. The van der Waals surface area contributed by atoms with Gasteiger partial charge in [-0.25, -0.2) is 0 Å². The van der Waals surface area contributed by atoms with Gasteiger partial charge < -0.3 is 5.32 Å². The fourth-order valence-corrected chi connectivity index (χ4v) is 1.37. The summed E-state index contributed by atoms with van der Waals surface area (Å²) in [5.41, 5.74) is 0.579. The summed E-state index contributed by atoms with van der Waals surface area (Å²) in [6.07, 6.45) is 2.43. The fourth-order valence-electron chi connectivity index (χ4n) is 1.37. The highest BCUT2D eigenvalue weighted by molar-refractivity contribution is 5.92. The summed E-state index contributed by atoms with van der Waals surface area (Å²) in [5, 5.41) is 2.92. The van der Waals surface area contributed by atoms with Gasteiger partial charge in [-0.05, 0) is 33.4 Å². The van der Waals surface area contributed by atoms with Crippen LogP contribution in [0.15, 0.2) is 12.2 Å². The molecule has 1 N–H and O–H groups in total. The van der Waals surface area contributed by atoms with Gasteiger partial charge in [0.25, 0.3) is 0 Å². The van der Waals surface area contributed by atoms with Crippen molar-refractivity contribution in [3.8, 4) is 0 Å². The van der Waals surface area contributed by atoms with Crippen LogP contribution in [0.25, 0.3) is 0 Å². The quantitative estimate of drug-likeness (QED) is 0.616. The van der Waals surface area contributed by atoms with E-state index < -0.39 is 0 Å². The summed E-state index contributed by atoms with van der Waals surface area (Å²) < 4.78 is 0. The second-order valence-electron chi connectivity index (χ2n) is 3.39. The number of rotatable bonds is 2. The average molecular weight is 168 g/mol. The molecule has 0 aromatic rings. The van der Waals surface area contributed by atoms with Crippen LogP contribution in [0.1, 0.15) is 19.8 Å². The van der Waals surface area contributed by atoms with Gasteiger partial charge in [0.1, 0.15) is 0 Å². The van der Waals surface area contributed by atoms with E-state index in [9.17, 15) is 4.79 Å². The molecule has 1 fully saturated rings. The van der Waals surface area contributed by atoms with E-state index >= 15 is 0 Å². The molecule has 1 rings (SSSR count). The number of amides is 1. The molecule has 1 saturated heterocycles. The lowest BCUT2D eigenvalue weighted by atomic mass is 10.3. The highest BCUT2D eigenvalue weighted by Crippen LogP contribution is 2.11. The van der Waals surface area contributed by atoms with Crippen LogP contribution in [-0.4, -0.2) is 30.6 Å². The predicted molar refractivity (Wildman–Crippen MR) is 48.6 cm³/mol. The van der Waals surface area contributed by atoms with Crippen molar-refractivity contribution >= 4 is 5.91 Å². The SMILES string of the molecule is C=C(C)C(=O)NC1CCCN1C. The monoisotopic (exact) mass is 168 g/mol. The van der Waals surface area contributed by atoms with Crippen LogP contribution in [0.4, 0.5) is 0 Å². The maximum Gasteiger partial charge on any atom is 0.247 e. The predicted octanol–water partition coefficient (Wildman–Crippen LogP) is 0.730. The molecule has 0 radical (unpaired) electrons. The lowest BCUT2D eigenvalue weighted by molar-refractivity contribution is -0.118. The summed E-state index contributed by atoms with van der Waals surface area (Å²) >= 11 is 0. The van der Waals surface area contributed by atoms with Crippen LogP contribution in [0.3, 0.4) is 0 Å². The maximum atomic E-state index is 11.2. The zero-order valence-corrected chi connectivity index (χ0v) is 7.76. The van der Waals surface area contributed by atoms with Crippen molar-refractivity contribution in [2.24, 2.45) is 0 Å². The molecule has 0 bridgehead atoms. The summed E-state index contributed by atoms with van der Waals surface area (Å²) in [6.45, 7) is 6.39. The topological polar surface area (TPSA) is 32.3 Å². The Bertz CT molecular complexity index is 201. The highest BCUT2D eigenvalue weighted by atomic mass is 16.1. The van der Waals surface area contributed by atoms with Gasteiger partial charge in [-0.3, -0.25) is 9.69 Å². The van der Waals surface area contributed by atoms with Gasteiger partial charge in [0, 0.05) is 5.57 Å². The minimum absolute atomic E-state index is 0.0336. The molecule has 1 aliphatic heterocycles.